The van der Waals surface area contributed by atoms with Gasteiger partial charge in [-0.05, 0) is 40.9 Å². The minimum absolute atomic E-state index is 0.0930. The van der Waals surface area contributed by atoms with E-state index in [1.165, 1.54) is 11.8 Å². The first kappa shape index (κ1) is 15.8. The van der Waals surface area contributed by atoms with E-state index in [9.17, 15) is 4.79 Å². The van der Waals surface area contributed by atoms with Gasteiger partial charge in [-0.3, -0.25) is 4.79 Å². The lowest BCUT2D eigenvalue weighted by Gasteiger charge is -2.10. The van der Waals surface area contributed by atoms with Crippen LogP contribution in [0.5, 0.6) is 0 Å². The first-order chi connectivity index (χ1) is 11.2. The van der Waals surface area contributed by atoms with Crippen LogP contribution in [0.2, 0.25) is 0 Å². The molecule has 0 radical (unpaired) electrons. The van der Waals surface area contributed by atoms with Gasteiger partial charge in [0.2, 0.25) is 11.1 Å². The van der Waals surface area contributed by atoms with Crippen LogP contribution in [0.15, 0.2) is 45.5 Å². The predicted molar refractivity (Wildman–Crippen MR) is 87.2 cm³/mol. The number of amides is 1. The highest BCUT2D eigenvalue weighted by atomic mass is 32.2. The average molecular weight is 349 g/mol. The topological polar surface area (TPSA) is 85.8 Å². The molecule has 3 heterocycles. The summed E-state index contributed by atoms with van der Waals surface area (Å²) in [5.74, 6) is 0.881. The zero-order valence-corrected chi connectivity index (χ0v) is 14.0. The van der Waals surface area contributed by atoms with E-state index in [1.54, 1.807) is 28.3 Å². The number of nitrogens with one attached hydrogen (secondary N) is 1. The highest BCUT2D eigenvalue weighted by Crippen LogP contribution is 2.18. The molecule has 7 nitrogen and oxygen atoms in total. The third kappa shape index (κ3) is 4.20. The van der Waals surface area contributed by atoms with E-state index >= 15 is 0 Å². The number of nitrogens with zero attached hydrogens (tertiary/aromatic N) is 4. The molecule has 1 atom stereocenters. The maximum Gasteiger partial charge on any atom is 0.231 e. The Hall–Kier alpha value is -2.13. The molecule has 3 rings (SSSR count). The molecule has 9 heteroatoms. The third-order valence-electron chi connectivity index (χ3n) is 3.06. The molecule has 0 aliphatic carbocycles. The summed E-state index contributed by atoms with van der Waals surface area (Å²) in [5.41, 5.74) is 0. The van der Waals surface area contributed by atoms with Crippen molar-refractivity contribution in [1.29, 1.82) is 0 Å². The van der Waals surface area contributed by atoms with Crippen molar-refractivity contribution in [2.24, 2.45) is 0 Å². The lowest BCUT2D eigenvalue weighted by Crippen LogP contribution is -2.28. The molecule has 0 saturated heterocycles. The van der Waals surface area contributed by atoms with Crippen LogP contribution in [0.4, 0.5) is 0 Å². The number of carbonyl (C=O) groups excluding carboxylic acids is 1. The molecular formula is C14H15N5O2S2. The van der Waals surface area contributed by atoms with Gasteiger partial charge in [-0.1, -0.05) is 17.8 Å². The Morgan fingerprint density at radius 3 is 3.13 bits per heavy atom. The van der Waals surface area contributed by atoms with Crippen LogP contribution in [-0.2, 0) is 11.3 Å². The standard InChI is InChI=1S/C14H15N5O2S2/c1-10(12-5-2-6-21-12)15-13(20)9-23-14-16-17-18-19(14)8-11-4-3-7-22-11/h2-7,10H,8-9H2,1H3,(H,15,20)/t10-/m1/s1. The summed E-state index contributed by atoms with van der Waals surface area (Å²) in [7, 11) is 0. The molecule has 120 valence electrons. The van der Waals surface area contributed by atoms with E-state index < -0.39 is 0 Å². The summed E-state index contributed by atoms with van der Waals surface area (Å²) in [4.78, 5) is 13.2. The number of furan rings is 1. The Balaban J connectivity index is 1.52. The molecule has 1 amide bonds. The maximum atomic E-state index is 12.0. The minimum Gasteiger partial charge on any atom is -0.467 e. The van der Waals surface area contributed by atoms with E-state index in [0.717, 1.165) is 10.6 Å². The molecule has 0 fully saturated rings. The number of hydrogen-bond donors (Lipinski definition) is 1. The maximum absolute atomic E-state index is 12.0. The van der Waals surface area contributed by atoms with Gasteiger partial charge in [0.05, 0.1) is 24.6 Å². The summed E-state index contributed by atoms with van der Waals surface area (Å²) < 4.78 is 6.96. The van der Waals surface area contributed by atoms with E-state index in [4.69, 9.17) is 4.42 Å². The quantitative estimate of drug-likeness (QED) is 0.659. The molecule has 0 bridgehead atoms. The zero-order chi connectivity index (χ0) is 16.1. The summed E-state index contributed by atoms with van der Waals surface area (Å²) in [6.45, 7) is 2.49. The molecule has 0 aliphatic rings. The SMILES string of the molecule is C[C@@H](NC(=O)CSc1nnnn1Cc1cccs1)c1ccco1. The van der Waals surface area contributed by atoms with Crippen LogP contribution in [-0.4, -0.2) is 31.9 Å². The van der Waals surface area contributed by atoms with Gasteiger partial charge in [0.15, 0.2) is 0 Å². The second-order valence-electron chi connectivity index (χ2n) is 4.79. The van der Waals surface area contributed by atoms with Crippen LogP contribution in [0.25, 0.3) is 0 Å². The zero-order valence-electron chi connectivity index (χ0n) is 12.4. The summed E-state index contributed by atoms with van der Waals surface area (Å²) in [5, 5.41) is 17.1. The normalized spacial score (nSPS) is 12.2. The van der Waals surface area contributed by atoms with E-state index in [2.05, 4.69) is 20.8 Å². The van der Waals surface area contributed by atoms with Crippen molar-refractivity contribution in [1.82, 2.24) is 25.5 Å². The highest BCUT2D eigenvalue weighted by molar-refractivity contribution is 7.99. The van der Waals surface area contributed by atoms with Gasteiger partial charge in [-0.2, -0.15) is 0 Å². The van der Waals surface area contributed by atoms with Crippen LogP contribution < -0.4 is 5.32 Å². The van der Waals surface area contributed by atoms with E-state index in [-0.39, 0.29) is 17.7 Å². The van der Waals surface area contributed by atoms with Crippen molar-refractivity contribution < 1.29 is 9.21 Å². The molecule has 3 aromatic heterocycles. The van der Waals surface area contributed by atoms with Gasteiger partial charge in [-0.25, -0.2) is 4.68 Å². The smallest absolute Gasteiger partial charge is 0.231 e. The summed E-state index contributed by atoms with van der Waals surface area (Å²) >= 11 is 2.96. The highest BCUT2D eigenvalue weighted by Gasteiger charge is 2.14. The molecular weight excluding hydrogens is 334 g/mol. The van der Waals surface area contributed by atoms with Crippen molar-refractivity contribution in [3.63, 3.8) is 0 Å². The second kappa shape index (κ2) is 7.42. The Morgan fingerprint density at radius 2 is 2.39 bits per heavy atom. The summed E-state index contributed by atoms with van der Waals surface area (Å²) in [6.07, 6.45) is 1.59. The summed E-state index contributed by atoms with van der Waals surface area (Å²) in [6, 6.07) is 7.48. The van der Waals surface area contributed by atoms with Gasteiger partial charge in [-0.15, -0.1) is 16.4 Å². The van der Waals surface area contributed by atoms with Gasteiger partial charge in [0.25, 0.3) is 0 Å². The molecule has 1 N–H and O–H groups in total. The van der Waals surface area contributed by atoms with Crippen LogP contribution >= 0.6 is 23.1 Å². The number of hydrogen-bond acceptors (Lipinski definition) is 7. The van der Waals surface area contributed by atoms with Crippen molar-refractivity contribution in [2.75, 3.05) is 5.75 Å². The van der Waals surface area contributed by atoms with Crippen molar-refractivity contribution in [3.05, 3.63) is 46.5 Å². The largest absolute Gasteiger partial charge is 0.467 e. The number of thiophene rings is 1. The van der Waals surface area contributed by atoms with Crippen LogP contribution in [0, 0.1) is 0 Å². The Morgan fingerprint density at radius 1 is 1.48 bits per heavy atom. The van der Waals surface area contributed by atoms with Gasteiger partial charge in [0.1, 0.15) is 5.76 Å². The molecule has 0 aliphatic heterocycles. The lowest BCUT2D eigenvalue weighted by molar-refractivity contribution is -0.119. The molecule has 3 aromatic rings. The van der Waals surface area contributed by atoms with Gasteiger partial charge >= 0.3 is 0 Å². The molecule has 0 saturated carbocycles. The first-order valence-electron chi connectivity index (χ1n) is 6.96. The Labute approximate surface area is 141 Å². The van der Waals surface area contributed by atoms with Crippen LogP contribution in [0.1, 0.15) is 23.6 Å². The van der Waals surface area contributed by atoms with Crippen molar-refractivity contribution in [2.45, 2.75) is 24.7 Å². The number of thioether (sulfide) groups is 1. The number of aromatic nitrogens is 4. The monoisotopic (exact) mass is 349 g/mol. The Kier molecular flexibility index (Phi) is 5.09. The number of carbonyl (C=O) groups is 1. The lowest BCUT2D eigenvalue weighted by atomic mass is 10.2. The fourth-order valence-electron chi connectivity index (χ4n) is 1.97. The number of rotatable bonds is 7. The van der Waals surface area contributed by atoms with Crippen LogP contribution in [0.3, 0.4) is 0 Å². The molecule has 23 heavy (non-hydrogen) atoms. The molecule has 0 unspecified atom stereocenters. The van der Waals surface area contributed by atoms with E-state index in [0.29, 0.717) is 11.7 Å². The number of tetrazole rings is 1. The fourth-order valence-corrected chi connectivity index (χ4v) is 3.34. The first-order valence-corrected chi connectivity index (χ1v) is 8.83. The molecule has 0 aromatic carbocycles. The minimum atomic E-state index is -0.166. The third-order valence-corrected chi connectivity index (χ3v) is 4.88. The Bertz CT molecular complexity index is 739. The van der Waals surface area contributed by atoms with Gasteiger partial charge < -0.3 is 9.73 Å². The van der Waals surface area contributed by atoms with Gasteiger partial charge in [0, 0.05) is 4.88 Å². The van der Waals surface area contributed by atoms with Crippen molar-refractivity contribution in [3.8, 4) is 0 Å². The van der Waals surface area contributed by atoms with Crippen molar-refractivity contribution >= 4 is 29.0 Å². The van der Waals surface area contributed by atoms with E-state index in [1.807, 2.05) is 30.5 Å². The molecule has 0 spiro atoms. The second-order valence-corrected chi connectivity index (χ2v) is 6.77. The average Bonchev–Trinajstić information content (AvgIpc) is 3.29. The predicted octanol–water partition coefficient (Wildman–Crippen LogP) is 2.35. The fraction of sp³-hybridized carbons (Fsp3) is 0.286.